The zero-order valence-electron chi connectivity index (χ0n) is 12.8. The molecule has 21 heavy (non-hydrogen) atoms. The van der Waals surface area contributed by atoms with Crippen LogP contribution in [0.3, 0.4) is 0 Å². The highest BCUT2D eigenvalue weighted by atomic mass is 16.2. The van der Waals surface area contributed by atoms with Crippen LogP contribution in [0.25, 0.3) is 0 Å². The Bertz CT molecular complexity index is 508. The van der Waals surface area contributed by atoms with E-state index in [1.165, 1.54) is 0 Å². The van der Waals surface area contributed by atoms with Crippen molar-refractivity contribution in [2.45, 2.75) is 33.1 Å². The van der Waals surface area contributed by atoms with E-state index >= 15 is 0 Å². The monoisotopic (exact) mass is 289 g/mol. The molecule has 0 aromatic carbocycles. The van der Waals surface area contributed by atoms with Crippen LogP contribution in [-0.4, -0.2) is 41.3 Å². The molecule has 0 saturated carbocycles. The Balaban J connectivity index is 1.99. The lowest BCUT2D eigenvalue weighted by molar-refractivity contribution is 0.0787. The Labute approximate surface area is 125 Å². The lowest BCUT2D eigenvalue weighted by Gasteiger charge is -2.14. The molecule has 0 aliphatic carbocycles. The lowest BCUT2D eigenvalue weighted by Crippen LogP contribution is -2.30. The van der Waals surface area contributed by atoms with E-state index in [9.17, 15) is 9.59 Å². The van der Waals surface area contributed by atoms with Gasteiger partial charge in [-0.2, -0.15) is 0 Å². The molecule has 0 bridgehead atoms. The van der Waals surface area contributed by atoms with Gasteiger partial charge in [0.15, 0.2) is 0 Å². The average Bonchev–Trinajstić information content (AvgIpc) is 3.00. The van der Waals surface area contributed by atoms with Crippen molar-refractivity contribution in [3.63, 3.8) is 0 Å². The van der Waals surface area contributed by atoms with Crippen LogP contribution < -0.4 is 5.32 Å². The van der Waals surface area contributed by atoms with Gasteiger partial charge in [0.1, 0.15) is 11.4 Å². The van der Waals surface area contributed by atoms with Gasteiger partial charge in [0.05, 0.1) is 0 Å². The molecule has 0 unspecified atom stereocenters. The largest absolute Gasteiger partial charge is 0.351 e. The van der Waals surface area contributed by atoms with Crippen LogP contribution in [0.1, 0.15) is 54.1 Å². The second kappa shape index (κ2) is 7.20. The van der Waals surface area contributed by atoms with E-state index in [0.717, 1.165) is 32.4 Å². The third-order valence-corrected chi connectivity index (χ3v) is 3.60. The number of hydrogen-bond acceptors (Lipinski definition) is 3. The van der Waals surface area contributed by atoms with E-state index in [4.69, 9.17) is 0 Å². The maximum absolute atomic E-state index is 12.3. The summed E-state index contributed by atoms with van der Waals surface area (Å²) in [6, 6.07) is 5.03. The number of rotatable bonds is 5. The predicted molar refractivity (Wildman–Crippen MR) is 81.2 cm³/mol. The second-order valence-corrected chi connectivity index (χ2v) is 5.85. The van der Waals surface area contributed by atoms with Crippen molar-refractivity contribution in [1.82, 2.24) is 15.2 Å². The standard InChI is InChI=1S/C16H23N3O2/c1-12(2)8-9-17-15(20)13-6-5-7-14(18-13)16(21)19-10-3-4-11-19/h5-7,12H,3-4,8-11H2,1-2H3,(H,17,20). The molecular formula is C16H23N3O2. The van der Waals surface area contributed by atoms with Crippen molar-refractivity contribution in [1.29, 1.82) is 0 Å². The van der Waals surface area contributed by atoms with E-state index in [1.54, 1.807) is 23.1 Å². The Morgan fingerprint density at radius 2 is 1.90 bits per heavy atom. The molecule has 2 heterocycles. The first-order valence-electron chi connectivity index (χ1n) is 7.62. The van der Waals surface area contributed by atoms with Crippen LogP contribution in [0.4, 0.5) is 0 Å². The number of aromatic nitrogens is 1. The van der Waals surface area contributed by atoms with Crippen LogP contribution in [0, 0.1) is 5.92 Å². The normalized spacial score (nSPS) is 14.5. The number of hydrogen-bond donors (Lipinski definition) is 1. The van der Waals surface area contributed by atoms with Crippen LogP contribution in [-0.2, 0) is 0 Å². The smallest absolute Gasteiger partial charge is 0.272 e. The highest BCUT2D eigenvalue weighted by Crippen LogP contribution is 2.12. The van der Waals surface area contributed by atoms with E-state index < -0.39 is 0 Å². The Hall–Kier alpha value is -1.91. The van der Waals surface area contributed by atoms with E-state index in [2.05, 4.69) is 24.1 Å². The fraction of sp³-hybridized carbons (Fsp3) is 0.562. The molecule has 5 heteroatoms. The van der Waals surface area contributed by atoms with Gasteiger partial charge in [-0.1, -0.05) is 19.9 Å². The Morgan fingerprint density at radius 1 is 1.24 bits per heavy atom. The maximum atomic E-state index is 12.3. The summed E-state index contributed by atoms with van der Waals surface area (Å²) in [6.07, 6.45) is 3.01. The predicted octanol–water partition coefficient (Wildman–Crippen LogP) is 2.09. The minimum absolute atomic E-state index is 0.0793. The average molecular weight is 289 g/mol. The number of likely N-dealkylation sites (tertiary alicyclic amines) is 1. The number of carbonyl (C=O) groups is 2. The third kappa shape index (κ3) is 4.28. The first kappa shape index (κ1) is 15.5. The van der Waals surface area contributed by atoms with E-state index in [0.29, 0.717) is 23.9 Å². The van der Waals surface area contributed by atoms with Crippen LogP contribution in [0.2, 0.25) is 0 Å². The topological polar surface area (TPSA) is 62.3 Å². The molecule has 114 valence electrons. The molecular weight excluding hydrogens is 266 g/mol. The summed E-state index contributed by atoms with van der Waals surface area (Å²) in [5.41, 5.74) is 0.664. The number of amides is 2. The van der Waals surface area contributed by atoms with Gasteiger partial charge in [-0.3, -0.25) is 9.59 Å². The summed E-state index contributed by atoms with van der Waals surface area (Å²) >= 11 is 0. The summed E-state index contributed by atoms with van der Waals surface area (Å²) in [4.78, 5) is 30.3. The van der Waals surface area contributed by atoms with Gasteiger partial charge >= 0.3 is 0 Å². The van der Waals surface area contributed by atoms with Gasteiger partial charge in [0.25, 0.3) is 11.8 Å². The molecule has 2 amide bonds. The van der Waals surface area contributed by atoms with Crippen molar-refractivity contribution in [2.24, 2.45) is 5.92 Å². The van der Waals surface area contributed by atoms with Crippen LogP contribution in [0.15, 0.2) is 18.2 Å². The molecule has 1 aliphatic heterocycles. The molecule has 0 atom stereocenters. The Kier molecular flexibility index (Phi) is 5.31. The zero-order chi connectivity index (χ0) is 15.2. The fourth-order valence-electron chi connectivity index (χ4n) is 2.33. The maximum Gasteiger partial charge on any atom is 0.272 e. The second-order valence-electron chi connectivity index (χ2n) is 5.85. The Morgan fingerprint density at radius 3 is 2.57 bits per heavy atom. The minimum Gasteiger partial charge on any atom is -0.351 e. The summed E-state index contributed by atoms with van der Waals surface area (Å²) in [6.45, 7) is 6.42. The van der Waals surface area contributed by atoms with Crippen LogP contribution >= 0.6 is 0 Å². The zero-order valence-corrected chi connectivity index (χ0v) is 12.8. The minimum atomic E-state index is -0.216. The van der Waals surface area contributed by atoms with Gasteiger partial charge in [-0.05, 0) is 37.3 Å². The highest BCUT2D eigenvalue weighted by Gasteiger charge is 2.21. The first-order valence-corrected chi connectivity index (χ1v) is 7.62. The molecule has 1 aromatic heterocycles. The van der Waals surface area contributed by atoms with Gasteiger partial charge in [0.2, 0.25) is 0 Å². The number of nitrogens with one attached hydrogen (secondary N) is 1. The summed E-state index contributed by atoms with van der Waals surface area (Å²) < 4.78 is 0. The number of nitrogens with zero attached hydrogens (tertiary/aromatic N) is 2. The molecule has 1 saturated heterocycles. The summed E-state index contributed by atoms with van der Waals surface area (Å²) in [7, 11) is 0. The lowest BCUT2D eigenvalue weighted by atomic mass is 10.1. The fourth-order valence-corrected chi connectivity index (χ4v) is 2.33. The molecule has 0 radical (unpaired) electrons. The quantitative estimate of drug-likeness (QED) is 0.903. The van der Waals surface area contributed by atoms with Gasteiger partial charge in [-0.25, -0.2) is 4.98 Å². The molecule has 1 aromatic rings. The van der Waals surface area contributed by atoms with Crippen molar-refractivity contribution in [2.75, 3.05) is 19.6 Å². The van der Waals surface area contributed by atoms with Crippen LogP contribution in [0.5, 0.6) is 0 Å². The van der Waals surface area contributed by atoms with Crippen molar-refractivity contribution < 1.29 is 9.59 Å². The summed E-state index contributed by atoms with van der Waals surface area (Å²) in [5.74, 6) is 0.248. The van der Waals surface area contributed by atoms with Crippen molar-refractivity contribution in [3.8, 4) is 0 Å². The summed E-state index contributed by atoms with van der Waals surface area (Å²) in [5, 5.41) is 2.84. The molecule has 1 fully saturated rings. The van der Waals surface area contributed by atoms with Gasteiger partial charge < -0.3 is 10.2 Å². The van der Waals surface area contributed by atoms with E-state index in [-0.39, 0.29) is 11.8 Å². The molecule has 2 rings (SSSR count). The van der Waals surface area contributed by atoms with Gasteiger partial charge in [0, 0.05) is 19.6 Å². The molecule has 5 nitrogen and oxygen atoms in total. The van der Waals surface area contributed by atoms with Crippen molar-refractivity contribution in [3.05, 3.63) is 29.6 Å². The van der Waals surface area contributed by atoms with Gasteiger partial charge in [-0.15, -0.1) is 0 Å². The SMILES string of the molecule is CC(C)CCNC(=O)c1cccc(C(=O)N2CCCC2)n1. The number of pyridine rings is 1. The van der Waals surface area contributed by atoms with E-state index in [1.807, 2.05) is 0 Å². The third-order valence-electron chi connectivity index (χ3n) is 3.60. The van der Waals surface area contributed by atoms with Crippen molar-refractivity contribution >= 4 is 11.8 Å². The first-order chi connectivity index (χ1) is 10.1. The molecule has 1 aliphatic rings. The highest BCUT2D eigenvalue weighted by molar-refractivity contribution is 5.96. The molecule has 1 N–H and O–H groups in total. The molecule has 0 spiro atoms. The number of carbonyl (C=O) groups excluding carboxylic acids is 2.